The highest BCUT2D eigenvalue weighted by atomic mass is 16.5. The molecule has 1 aromatic carbocycles. The van der Waals surface area contributed by atoms with Gasteiger partial charge in [-0.1, -0.05) is 18.2 Å². The van der Waals surface area contributed by atoms with Crippen molar-refractivity contribution in [3.05, 3.63) is 29.8 Å². The van der Waals surface area contributed by atoms with E-state index in [9.17, 15) is 0 Å². The van der Waals surface area contributed by atoms with Gasteiger partial charge in [-0.25, -0.2) is 0 Å². The maximum absolute atomic E-state index is 6.18. The van der Waals surface area contributed by atoms with Crippen molar-refractivity contribution in [1.29, 1.82) is 0 Å². The van der Waals surface area contributed by atoms with Gasteiger partial charge in [0.2, 0.25) is 0 Å². The molecule has 1 aliphatic heterocycles. The first kappa shape index (κ1) is 12.4. The van der Waals surface area contributed by atoms with E-state index in [2.05, 4.69) is 37.2 Å². The van der Waals surface area contributed by atoms with Gasteiger partial charge < -0.3 is 15.4 Å². The van der Waals surface area contributed by atoms with Crippen molar-refractivity contribution in [3.63, 3.8) is 0 Å². The summed E-state index contributed by atoms with van der Waals surface area (Å²) in [5, 5.41) is 0. The molecule has 0 bridgehead atoms. The predicted octanol–water partition coefficient (Wildman–Crippen LogP) is 1.83. The van der Waals surface area contributed by atoms with Gasteiger partial charge in [0, 0.05) is 12.6 Å². The molecule has 0 spiro atoms. The molecule has 0 saturated carbocycles. The molecule has 0 radical (unpaired) electrons. The summed E-state index contributed by atoms with van der Waals surface area (Å²) in [5.74, 6) is 1.59. The molecule has 2 N–H and O–H groups in total. The van der Waals surface area contributed by atoms with Crippen LogP contribution in [0, 0.1) is 0 Å². The normalized spacial score (nSPS) is 20.8. The van der Waals surface area contributed by atoms with Crippen LogP contribution >= 0.6 is 0 Å². The molecule has 2 unspecified atom stereocenters. The average molecular weight is 234 g/mol. The van der Waals surface area contributed by atoms with E-state index in [0.29, 0.717) is 5.92 Å². The Morgan fingerprint density at radius 3 is 2.94 bits per heavy atom. The first-order chi connectivity index (χ1) is 8.16. The van der Waals surface area contributed by atoms with Crippen molar-refractivity contribution < 1.29 is 4.74 Å². The average Bonchev–Trinajstić information content (AvgIpc) is 2.28. The van der Waals surface area contributed by atoms with E-state index in [1.807, 2.05) is 6.07 Å². The lowest BCUT2D eigenvalue weighted by Gasteiger charge is -2.28. The smallest absolute Gasteiger partial charge is 0.122 e. The monoisotopic (exact) mass is 234 g/mol. The zero-order valence-corrected chi connectivity index (χ0v) is 10.7. The number of nitrogens with two attached hydrogens (primary N) is 1. The number of rotatable bonds is 4. The molecule has 17 heavy (non-hydrogen) atoms. The van der Waals surface area contributed by atoms with Crippen molar-refractivity contribution in [1.82, 2.24) is 4.90 Å². The van der Waals surface area contributed by atoms with Crippen molar-refractivity contribution in [2.24, 2.45) is 5.73 Å². The van der Waals surface area contributed by atoms with Crippen molar-refractivity contribution in [3.8, 4) is 5.75 Å². The molecule has 2 atom stereocenters. The topological polar surface area (TPSA) is 38.5 Å². The number of fused-ring (bicyclic) bond motifs is 1. The Kier molecular flexibility index (Phi) is 4.02. The summed E-state index contributed by atoms with van der Waals surface area (Å²) >= 11 is 0. The molecule has 0 saturated heterocycles. The number of likely N-dealkylation sites (N-methyl/N-ethyl adjacent to an activating group) is 1. The Morgan fingerprint density at radius 1 is 1.41 bits per heavy atom. The molecule has 94 valence electrons. The number of nitrogens with zero attached hydrogens (tertiary/aromatic N) is 1. The first-order valence-corrected chi connectivity index (χ1v) is 6.29. The molecular weight excluding hydrogens is 212 g/mol. The quantitative estimate of drug-likeness (QED) is 0.864. The fourth-order valence-corrected chi connectivity index (χ4v) is 2.57. The van der Waals surface area contributed by atoms with E-state index in [-0.39, 0.29) is 6.04 Å². The molecule has 0 aliphatic carbocycles. The second-order valence-electron chi connectivity index (χ2n) is 5.13. The zero-order chi connectivity index (χ0) is 12.3. The number of benzene rings is 1. The predicted molar refractivity (Wildman–Crippen MR) is 70.4 cm³/mol. The van der Waals surface area contributed by atoms with Crippen LogP contribution in [0.5, 0.6) is 5.75 Å². The van der Waals surface area contributed by atoms with Crippen LogP contribution in [0.4, 0.5) is 0 Å². The third-order valence-corrected chi connectivity index (χ3v) is 3.27. The summed E-state index contributed by atoms with van der Waals surface area (Å²) in [7, 11) is 4.13. The molecule has 1 aromatic rings. The highest BCUT2D eigenvalue weighted by Gasteiger charge is 2.23. The maximum Gasteiger partial charge on any atom is 0.122 e. The van der Waals surface area contributed by atoms with Crippen LogP contribution < -0.4 is 10.5 Å². The van der Waals surface area contributed by atoms with Crippen LogP contribution in [0.2, 0.25) is 0 Å². The van der Waals surface area contributed by atoms with Crippen molar-refractivity contribution in [2.75, 3.05) is 27.2 Å². The third kappa shape index (κ3) is 3.20. The lowest BCUT2D eigenvalue weighted by atomic mass is 9.87. The second kappa shape index (κ2) is 5.52. The van der Waals surface area contributed by atoms with Crippen LogP contribution in [-0.4, -0.2) is 38.2 Å². The zero-order valence-electron chi connectivity index (χ0n) is 10.7. The van der Waals surface area contributed by atoms with Crippen LogP contribution in [0.1, 0.15) is 24.3 Å². The highest BCUT2D eigenvalue weighted by molar-refractivity contribution is 5.37. The summed E-state index contributed by atoms with van der Waals surface area (Å²) in [6.07, 6.45) is 2.12. The lowest BCUT2D eigenvalue weighted by Crippen LogP contribution is -2.35. The van der Waals surface area contributed by atoms with E-state index >= 15 is 0 Å². The third-order valence-electron chi connectivity index (χ3n) is 3.27. The van der Waals surface area contributed by atoms with Gasteiger partial charge in [0.1, 0.15) is 5.75 Å². The summed E-state index contributed by atoms with van der Waals surface area (Å²) in [6.45, 7) is 1.76. The van der Waals surface area contributed by atoms with Crippen LogP contribution in [-0.2, 0) is 0 Å². The van der Waals surface area contributed by atoms with E-state index in [0.717, 1.165) is 31.7 Å². The summed E-state index contributed by atoms with van der Waals surface area (Å²) in [5.41, 5.74) is 7.51. The first-order valence-electron chi connectivity index (χ1n) is 6.29. The van der Waals surface area contributed by atoms with Crippen LogP contribution in [0.3, 0.4) is 0 Å². The largest absolute Gasteiger partial charge is 0.493 e. The van der Waals surface area contributed by atoms with E-state index < -0.39 is 0 Å². The van der Waals surface area contributed by atoms with Gasteiger partial charge >= 0.3 is 0 Å². The molecule has 0 amide bonds. The Labute approximate surface area is 104 Å². The highest BCUT2D eigenvalue weighted by Crippen LogP contribution is 2.35. The molecule has 0 fully saturated rings. The molecule has 0 aromatic heterocycles. The fourth-order valence-electron chi connectivity index (χ4n) is 2.57. The lowest BCUT2D eigenvalue weighted by molar-refractivity contribution is 0.252. The van der Waals surface area contributed by atoms with Gasteiger partial charge in [-0.15, -0.1) is 0 Å². The van der Waals surface area contributed by atoms with E-state index in [4.69, 9.17) is 10.5 Å². The molecule has 2 rings (SSSR count). The van der Waals surface area contributed by atoms with Crippen molar-refractivity contribution >= 4 is 0 Å². The van der Waals surface area contributed by atoms with Gasteiger partial charge in [0.15, 0.2) is 0 Å². The van der Waals surface area contributed by atoms with Crippen LogP contribution in [0.15, 0.2) is 24.3 Å². The van der Waals surface area contributed by atoms with Gasteiger partial charge in [-0.3, -0.25) is 0 Å². The minimum Gasteiger partial charge on any atom is -0.493 e. The van der Waals surface area contributed by atoms with Crippen LogP contribution in [0.25, 0.3) is 0 Å². The summed E-state index contributed by atoms with van der Waals surface area (Å²) in [6, 6.07) is 8.57. The van der Waals surface area contributed by atoms with E-state index in [1.165, 1.54) is 5.56 Å². The molecule has 3 nitrogen and oxygen atoms in total. The SMILES string of the molecule is CN(C)CC(N)CC1CCOc2ccccc21. The second-order valence-corrected chi connectivity index (χ2v) is 5.13. The molecule has 1 heterocycles. The Balaban J connectivity index is 2.03. The van der Waals surface area contributed by atoms with Gasteiger partial charge in [-0.05, 0) is 44.5 Å². The summed E-state index contributed by atoms with van der Waals surface area (Å²) in [4.78, 5) is 2.15. The minimum atomic E-state index is 0.237. The van der Waals surface area contributed by atoms with Gasteiger partial charge in [0.05, 0.1) is 6.61 Å². The number of hydrogen-bond donors (Lipinski definition) is 1. The Morgan fingerprint density at radius 2 is 2.18 bits per heavy atom. The Hall–Kier alpha value is -1.06. The van der Waals surface area contributed by atoms with E-state index in [1.54, 1.807) is 0 Å². The Bertz CT molecular complexity index is 365. The number of ether oxygens (including phenoxy) is 1. The molecule has 3 heteroatoms. The van der Waals surface area contributed by atoms with Gasteiger partial charge in [0.25, 0.3) is 0 Å². The molecule has 1 aliphatic rings. The molecular formula is C14H22N2O. The fraction of sp³-hybridized carbons (Fsp3) is 0.571. The van der Waals surface area contributed by atoms with Crippen molar-refractivity contribution in [2.45, 2.75) is 24.8 Å². The van der Waals surface area contributed by atoms with Gasteiger partial charge in [-0.2, -0.15) is 0 Å². The summed E-state index contributed by atoms with van der Waals surface area (Å²) < 4.78 is 5.67. The number of para-hydroxylation sites is 1. The number of hydrogen-bond acceptors (Lipinski definition) is 3. The minimum absolute atomic E-state index is 0.237. The maximum atomic E-state index is 6.18. The standard InChI is InChI=1S/C14H22N2O/c1-16(2)10-12(15)9-11-7-8-17-14-6-4-3-5-13(11)14/h3-6,11-12H,7-10,15H2,1-2H3.